The van der Waals surface area contributed by atoms with Crippen LogP contribution in [0.5, 0.6) is 0 Å². The van der Waals surface area contributed by atoms with E-state index in [1.54, 1.807) is 25.7 Å². The van der Waals surface area contributed by atoms with Crippen molar-refractivity contribution in [2.24, 2.45) is 0 Å². The van der Waals surface area contributed by atoms with Gasteiger partial charge in [0.25, 0.3) is 5.91 Å². The van der Waals surface area contributed by atoms with Crippen molar-refractivity contribution in [2.45, 2.75) is 85.0 Å². The van der Waals surface area contributed by atoms with Gasteiger partial charge in [-0.2, -0.15) is 12.6 Å². The van der Waals surface area contributed by atoms with E-state index >= 15 is 0 Å². The van der Waals surface area contributed by atoms with Gasteiger partial charge in [-0.05, 0) is 88.9 Å². The highest BCUT2D eigenvalue weighted by Gasteiger charge is 2.43. The largest absolute Gasteiger partial charge is 0.444 e. The SMILES string of the molecule is CCC(C)(C)N(C(=O)C(CS)NC(=O)OC(C)(C)C)C(C(=O)Nc1ccc2ccccc2c1)c1ccc(C)cc1C. The van der Waals surface area contributed by atoms with Crippen LogP contribution in [-0.2, 0) is 14.3 Å². The molecule has 2 N–H and O–H groups in total. The van der Waals surface area contributed by atoms with Gasteiger partial charge in [-0.3, -0.25) is 9.59 Å². The number of thiol groups is 1. The lowest BCUT2D eigenvalue weighted by Crippen LogP contribution is -2.59. The summed E-state index contributed by atoms with van der Waals surface area (Å²) in [7, 11) is 0. The van der Waals surface area contributed by atoms with E-state index in [4.69, 9.17) is 4.74 Å². The first kappa shape index (κ1) is 32.0. The molecule has 0 aliphatic heterocycles. The molecule has 41 heavy (non-hydrogen) atoms. The molecule has 3 amide bonds. The molecule has 0 spiro atoms. The lowest BCUT2D eigenvalue weighted by Gasteiger charge is -2.44. The third-order valence-electron chi connectivity index (χ3n) is 7.17. The lowest BCUT2D eigenvalue weighted by molar-refractivity contribution is -0.147. The van der Waals surface area contributed by atoms with E-state index in [0.717, 1.165) is 21.9 Å². The van der Waals surface area contributed by atoms with Gasteiger partial charge < -0.3 is 20.3 Å². The lowest BCUT2D eigenvalue weighted by atomic mass is 9.90. The number of carbonyl (C=O) groups excluding carboxylic acids is 3. The molecule has 7 nitrogen and oxygen atoms in total. The van der Waals surface area contributed by atoms with Gasteiger partial charge in [0.1, 0.15) is 17.7 Å². The van der Waals surface area contributed by atoms with Crippen LogP contribution < -0.4 is 10.6 Å². The third kappa shape index (κ3) is 8.03. The molecular weight excluding hydrogens is 534 g/mol. The number of nitrogens with one attached hydrogen (secondary N) is 2. The third-order valence-corrected chi connectivity index (χ3v) is 7.54. The average molecular weight is 578 g/mol. The fourth-order valence-corrected chi connectivity index (χ4v) is 5.00. The molecule has 2 atom stereocenters. The molecule has 0 fully saturated rings. The summed E-state index contributed by atoms with van der Waals surface area (Å²) >= 11 is 4.40. The molecular formula is C33H43N3O4S. The van der Waals surface area contributed by atoms with Gasteiger partial charge in [0.15, 0.2) is 0 Å². The number of rotatable bonds is 9. The predicted octanol–water partition coefficient (Wildman–Crippen LogP) is 6.98. The second-order valence-electron chi connectivity index (χ2n) is 12.1. The number of anilines is 1. The van der Waals surface area contributed by atoms with Gasteiger partial charge in [0.2, 0.25) is 5.91 Å². The molecule has 0 aliphatic rings. The monoisotopic (exact) mass is 577 g/mol. The van der Waals surface area contributed by atoms with Gasteiger partial charge in [-0.1, -0.05) is 61.0 Å². The van der Waals surface area contributed by atoms with Crippen LogP contribution in [0.25, 0.3) is 10.8 Å². The van der Waals surface area contributed by atoms with E-state index in [1.807, 2.05) is 95.3 Å². The van der Waals surface area contributed by atoms with Crippen molar-refractivity contribution in [1.29, 1.82) is 0 Å². The maximum absolute atomic E-state index is 14.3. The Bertz CT molecular complexity index is 1410. The second-order valence-corrected chi connectivity index (χ2v) is 12.4. The molecule has 0 bridgehead atoms. The Balaban J connectivity index is 2.10. The molecule has 8 heteroatoms. The quantitative estimate of drug-likeness (QED) is 0.240. The van der Waals surface area contributed by atoms with Crippen LogP contribution in [0.3, 0.4) is 0 Å². The van der Waals surface area contributed by atoms with E-state index in [9.17, 15) is 14.4 Å². The summed E-state index contributed by atoms with van der Waals surface area (Å²) in [6, 6.07) is 17.5. The second kappa shape index (κ2) is 13.0. The fraction of sp³-hybridized carbons (Fsp3) is 0.424. The van der Waals surface area contributed by atoms with Crippen molar-refractivity contribution in [3.63, 3.8) is 0 Å². The zero-order valence-corrected chi connectivity index (χ0v) is 26.3. The molecule has 0 aromatic heterocycles. The molecule has 0 radical (unpaired) electrons. The van der Waals surface area contributed by atoms with Gasteiger partial charge in [0.05, 0.1) is 0 Å². The molecule has 3 aromatic rings. The van der Waals surface area contributed by atoms with Crippen LogP contribution in [-0.4, -0.2) is 45.7 Å². The van der Waals surface area contributed by atoms with Crippen LogP contribution in [0.2, 0.25) is 0 Å². The Kier molecular flexibility index (Phi) is 10.1. The molecule has 220 valence electrons. The van der Waals surface area contributed by atoms with Gasteiger partial charge in [0, 0.05) is 17.0 Å². The minimum Gasteiger partial charge on any atom is -0.444 e. The number of alkyl carbamates (subject to hydrolysis) is 1. The normalized spacial score (nSPS) is 13.3. The zero-order valence-electron chi connectivity index (χ0n) is 25.4. The smallest absolute Gasteiger partial charge is 0.408 e. The van der Waals surface area contributed by atoms with Crippen LogP contribution in [0.15, 0.2) is 60.7 Å². The molecule has 3 aromatic carbocycles. The summed E-state index contributed by atoms with van der Waals surface area (Å²) in [4.78, 5) is 42.9. The van der Waals surface area contributed by atoms with Crippen molar-refractivity contribution in [3.8, 4) is 0 Å². The standard InChI is InChI=1S/C33H43N3O4S/c1-9-33(7,8)36(30(38)27(20-41)35-31(39)40-32(4,5)6)28(26-17-14-21(2)18-22(26)3)29(37)34-25-16-15-23-12-10-11-13-24(23)19-25/h10-19,27-28,41H,9,20H2,1-8H3,(H,34,37)(H,35,39). The summed E-state index contributed by atoms with van der Waals surface area (Å²) in [5.41, 5.74) is 1.78. The van der Waals surface area contributed by atoms with Crippen LogP contribution in [0.4, 0.5) is 10.5 Å². The Labute approximate surface area is 249 Å². The van der Waals surface area contributed by atoms with Crippen molar-refractivity contribution in [2.75, 3.05) is 11.1 Å². The topological polar surface area (TPSA) is 87.7 Å². The summed E-state index contributed by atoms with van der Waals surface area (Å²) in [5, 5.41) is 7.80. The van der Waals surface area contributed by atoms with Crippen molar-refractivity contribution < 1.29 is 19.1 Å². The first-order chi connectivity index (χ1) is 19.2. The maximum Gasteiger partial charge on any atom is 0.408 e. The average Bonchev–Trinajstić information content (AvgIpc) is 2.89. The summed E-state index contributed by atoms with van der Waals surface area (Å²) in [6.45, 7) is 15.0. The van der Waals surface area contributed by atoms with E-state index in [0.29, 0.717) is 17.7 Å². The van der Waals surface area contributed by atoms with E-state index in [2.05, 4.69) is 23.3 Å². The van der Waals surface area contributed by atoms with Crippen molar-refractivity contribution >= 4 is 47.0 Å². The van der Waals surface area contributed by atoms with E-state index in [-0.39, 0.29) is 11.7 Å². The van der Waals surface area contributed by atoms with Gasteiger partial charge >= 0.3 is 6.09 Å². The number of hydrogen-bond donors (Lipinski definition) is 3. The highest BCUT2D eigenvalue weighted by atomic mass is 32.1. The molecule has 0 saturated carbocycles. The molecule has 0 saturated heterocycles. The number of ether oxygens (including phenoxy) is 1. The molecule has 0 heterocycles. The molecule has 2 unspecified atom stereocenters. The summed E-state index contributed by atoms with van der Waals surface area (Å²) in [6.07, 6.45) is -0.155. The zero-order chi connectivity index (χ0) is 30.5. The number of carbonyl (C=O) groups is 3. The van der Waals surface area contributed by atoms with E-state index < -0.39 is 35.2 Å². The number of fused-ring (bicyclic) bond motifs is 1. The first-order valence-corrected chi connectivity index (χ1v) is 14.6. The molecule has 0 aliphatic carbocycles. The number of benzene rings is 3. The number of nitrogens with zero attached hydrogens (tertiary/aromatic N) is 1. The van der Waals surface area contributed by atoms with Crippen molar-refractivity contribution in [3.05, 3.63) is 77.4 Å². The highest BCUT2D eigenvalue weighted by molar-refractivity contribution is 7.80. The fourth-order valence-electron chi connectivity index (χ4n) is 4.76. The minimum atomic E-state index is -1.01. The number of hydrogen-bond acceptors (Lipinski definition) is 5. The van der Waals surface area contributed by atoms with Gasteiger partial charge in [-0.25, -0.2) is 4.79 Å². The minimum absolute atomic E-state index is 0.0280. The Hall–Kier alpha value is -3.52. The molecule has 3 rings (SSSR count). The first-order valence-electron chi connectivity index (χ1n) is 14.0. The predicted molar refractivity (Wildman–Crippen MR) is 169 cm³/mol. The summed E-state index contributed by atoms with van der Waals surface area (Å²) in [5.74, 6) is -0.742. The highest BCUT2D eigenvalue weighted by Crippen LogP contribution is 2.35. The van der Waals surface area contributed by atoms with Crippen LogP contribution in [0.1, 0.15) is 70.7 Å². The number of aryl methyl sites for hydroxylation is 2. The van der Waals surface area contributed by atoms with Crippen molar-refractivity contribution in [1.82, 2.24) is 10.2 Å². The van der Waals surface area contributed by atoms with Gasteiger partial charge in [-0.15, -0.1) is 0 Å². The Morgan fingerprint density at radius 1 is 0.927 bits per heavy atom. The Morgan fingerprint density at radius 2 is 1.59 bits per heavy atom. The number of amides is 3. The van der Waals surface area contributed by atoms with Crippen LogP contribution >= 0.6 is 12.6 Å². The maximum atomic E-state index is 14.3. The van der Waals surface area contributed by atoms with E-state index in [1.165, 1.54) is 0 Å². The Morgan fingerprint density at radius 3 is 2.17 bits per heavy atom. The van der Waals surface area contributed by atoms with Crippen LogP contribution in [0, 0.1) is 13.8 Å². The summed E-state index contributed by atoms with van der Waals surface area (Å²) < 4.78 is 5.42.